The van der Waals surface area contributed by atoms with Gasteiger partial charge in [0.25, 0.3) is 0 Å². The summed E-state index contributed by atoms with van der Waals surface area (Å²) >= 11 is 0. The monoisotopic (exact) mass is 521 g/mol. The number of carbonyl (C=O) groups is 2. The molecule has 7 nitrogen and oxygen atoms in total. The SMILES string of the molecule is CCNC(=O)[C@@H](Cc1ccccc1)N(Cc1ccc(C)cc1)C(=O)CN(c1ccccc1C)S(C)(=O)=O. The molecule has 0 bridgehead atoms. The largest absolute Gasteiger partial charge is 0.355 e. The number of nitrogens with one attached hydrogen (secondary N) is 1. The fourth-order valence-electron chi connectivity index (χ4n) is 4.17. The highest BCUT2D eigenvalue weighted by atomic mass is 32.2. The van der Waals surface area contributed by atoms with Crippen molar-refractivity contribution in [3.63, 3.8) is 0 Å². The number of nitrogens with zero attached hydrogens (tertiary/aromatic N) is 2. The summed E-state index contributed by atoms with van der Waals surface area (Å²) in [5.74, 6) is -0.741. The Balaban J connectivity index is 2.04. The molecule has 3 aromatic rings. The summed E-state index contributed by atoms with van der Waals surface area (Å²) in [6.45, 7) is 5.77. The smallest absolute Gasteiger partial charge is 0.244 e. The topological polar surface area (TPSA) is 86.8 Å². The summed E-state index contributed by atoms with van der Waals surface area (Å²) in [5.41, 5.74) is 4.00. The van der Waals surface area contributed by atoms with Crippen LogP contribution in [0.1, 0.15) is 29.2 Å². The van der Waals surface area contributed by atoms with Crippen LogP contribution < -0.4 is 9.62 Å². The average Bonchev–Trinajstić information content (AvgIpc) is 2.86. The Kier molecular flexibility index (Phi) is 9.47. The summed E-state index contributed by atoms with van der Waals surface area (Å²) in [6.07, 6.45) is 1.38. The van der Waals surface area contributed by atoms with E-state index in [2.05, 4.69) is 5.32 Å². The van der Waals surface area contributed by atoms with E-state index in [-0.39, 0.29) is 12.5 Å². The molecule has 196 valence electrons. The quantitative estimate of drug-likeness (QED) is 0.415. The molecule has 0 radical (unpaired) electrons. The lowest BCUT2D eigenvalue weighted by atomic mass is 10.0. The first-order valence-electron chi connectivity index (χ1n) is 12.3. The van der Waals surface area contributed by atoms with Crippen LogP contribution in [0.5, 0.6) is 0 Å². The molecule has 3 aromatic carbocycles. The van der Waals surface area contributed by atoms with Crippen molar-refractivity contribution in [1.82, 2.24) is 10.2 Å². The highest BCUT2D eigenvalue weighted by molar-refractivity contribution is 7.92. The van der Waals surface area contributed by atoms with Crippen molar-refractivity contribution in [1.29, 1.82) is 0 Å². The zero-order chi connectivity index (χ0) is 27.0. The van der Waals surface area contributed by atoms with Crippen LogP contribution >= 0.6 is 0 Å². The molecule has 0 saturated heterocycles. The number of likely N-dealkylation sites (N-methyl/N-ethyl adjacent to an activating group) is 1. The molecule has 0 saturated carbocycles. The molecule has 0 aliphatic rings. The summed E-state index contributed by atoms with van der Waals surface area (Å²) in [5, 5.41) is 2.86. The van der Waals surface area contributed by atoms with Gasteiger partial charge in [0.2, 0.25) is 21.8 Å². The summed E-state index contributed by atoms with van der Waals surface area (Å²) in [6, 6.07) is 23.4. The molecule has 0 heterocycles. The molecule has 0 fully saturated rings. The first-order chi connectivity index (χ1) is 17.6. The maximum Gasteiger partial charge on any atom is 0.244 e. The van der Waals surface area contributed by atoms with E-state index >= 15 is 0 Å². The van der Waals surface area contributed by atoms with Gasteiger partial charge >= 0.3 is 0 Å². The van der Waals surface area contributed by atoms with Gasteiger partial charge in [-0.25, -0.2) is 8.42 Å². The number of hydrogen-bond donors (Lipinski definition) is 1. The number of para-hydroxylation sites is 1. The zero-order valence-corrected chi connectivity index (χ0v) is 22.7. The van der Waals surface area contributed by atoms with Crippen LogP contribution in [0.3, 0.4) is 0 Å². The van der Waals surface area contributed by atoms with Crippen LogP contribution in [0.15, 0.2) is 78.9 Å². The highest BCUT2D eigenvalue weighted by Crippen LogP contribution is 2.23. The fraction of sp³-hybridized carbons (Fsp3) is 0.310. The summed E-state index contributed by atoms with van der Waals surface area (Å²) in [7, 11) is -3.78. The Bertz CT molecular complexity index is 1310. The van der Waals surface area contributed by atoms with E-state index < -0.39 is 28.5 Å². The second-order valence-electron chi connectivity index (χ2n) is 9.16. The number of hydrogen-bond acceptors (Lipinski definition) is 4. The molecule has 0 spiro atoms. The molecule has 1 atom stereocenters. The molecule has 1 N–H and O–H groups in total. The van der Waals surface area contributed by atoms with Crippen molar-refractivity contribution in [3.05, 3.63) is 101 Å². The maximum absolute atomic E-state index is 13.9. The van der Waals surface area contributed by atoms with Gasteiger partial charge in [-0.3, -0.25) is 13.9 Å². The molecule has 8 heteroatoms. The van der Waals surface area contributed by atoms with Crippen molar-refractivity contribution in [3.8, 4) is 0 Å². The van der Waals surface area contributed by atoms with E-state index in [9.17, 15) is 18.0 Å². The van der Waals surface area contributed by atoms with E-state index in [1.165, 1.54) is 4.90 Å². The second-order valence-corrected chi connectivity index (χ2v) is 11.1. The van der Waals surface area contributed by atoms with Crippen molar-refractivity contribution in [2.75, 3.05) is 23.7 Å². The Hall–Kier alpha value is -3.65. The van der Waals surface area contributed by atoms with Crippen molar-refractivity contribution in [2.24, 2.45) is 0 Å². The highest BCUT2D eigenvalue weighted by Gasteiger charge is 2.33. The van der Waals surface area contributed by atoms with Gasteiger partial charge in [0.1, 0.15) is 12.6 Å². The van der Waals surface area contributed by atoms with Gasteiger partial charge < -0.3 is 10.2 Å². The number of anilines is 1. The minimum absolute atomic E-state index is 0.166. The number of rotatable bonds is 11. The fourth-order valence-corrected chi connectivity index (χ4v) is 5.08. The first-order valence-corrected chi connectivity index (χ1v) is 14.1. The molecular formula is C29H35N3O4S. The predicted octanol–water partition coefficient (Wildman–Crippen LogP) is 3.85. The van der Waals surface area contributed by atoms with Gasteiger partial charge in [-0.15, -0.1) is 0 Å². The standard InChI is InChI=1S/C29H35N3O4S/c1-5-30-29(34)27(19-24-12-7-6-8-13-24)31(20-25-17-15-22(2)16-18-25)28(33)21-32(37(4,35)36)26-14-10-9-11-23(26)3/h6-18,27H,5,19-21H2,1-4H3,(H,30,34)/t27-/m1/s1. The third-order valence-corrected chi connectivity index (χ3v) is 7.29. The van der Waals surface area contributed by atoms with Gasteiger partial charge in [-0.2, -0.15) is 0 Å². The van der Waals surface area contributed by atoms with Crippen molar-refractivity contribution in [2.45, 2.75) is 39.8 Å². The lowest BCUT2D eigenvalue weighted by Crippen LogP contribution is -2.53. The summed E-state index contributed by atoms with van der Waals surface area (Å²) < 4.78 is 26.7. The first kappa shape index (κ1) is 27.9. The Morgan fingerprint density at radius 2 is 1.49 bits per heavy atom. The van der Waals surface area contributed by atoms with Crippen LogP contribution in [-0.4, -0.2) is 50.5 Å². The number of benzene rings is 3. The molecule has 0 aliphatic heterocycles. The normalized spacial score (nSPS) is 12.0. The van der Waals surface area contributed by atoms with Crippen molar-refractivity contribution >= 4 is 27.5 Å². The number of aryl methyl sites for hydroxylation is 2. The van der Waals surface area contributed by atoms with Gasteiger partial charge in [0.05, 0.1) is 11.9 Å². The lowest BCUT2D eigenvalue weighted by molar-refractivity contribution is -0.140. The Labute approximate surface area is 220 Å². The lowest BCUT2D eigenvalue weighted by Gasteiger charge is -2.33. The minimum atomic E-state index is -3.78. The van der Waals surface area contributed by atoms with E-state index in [0.29, 0.717) is 18.7 Å². The third kappa shape index (κ3) is 7.67. The van der Waals surface area contributed by atoms with E-state index in [1.54, 1.807) is 25.1 Å². The van der Waals surface area contributed by atoms with E-state index in [4.69, 9.17) is 0 Å². The molecular weight excluding hydrogens is 486 g/mol. The maximum atomic E-state index is 13.9. The van der Waals surface area contributed by atoms with Gasteiger partial charge in [0, 0.05) is 19.5 Å². The Morgan fingerprint density at radius 1 is 0.865 bits per heavy atom. The van der Waals surface area contributed by atoms with Gasteiger partial charge in [-0.05, 0) is 43.5 Å². The van der Waals surface area contributed by atoms with E-state index in [1.807, 2.05) is 74.5 Å². The number of amides is 2. The number of sulfonamides is 1. The molecule has 0 aliphatic carbocycles. The van der Waals surface area contributed by atoms with Crippen LogP contribution in [0.4, 0.5) is 5.69 Å². The molecule has 3 rings (SSSR count). The second kappa shape index (κ2) is 12.5. The average molecular weight is 522 g/mol. The summed E-state index contributed by atoms with van der Waals surface area (Å²) in [4.78, 5) is 28.7. The molecule has 2 amide bonds. The molecule has 37 heavy (non-hydrogen) atoms. The van der Waals surface area contributed by atoms with Gasteiger partial charge in [-0.1, -0.05) is 78.4 Å². The minimum Gasteiger partial charge on any atom is -0.355 e. The predicted molar refractivity (Wildman–Crippen MR) is 148 cm³/mol. The van der Waals surface area contributed by atoms with Crippen LogP contribution in [-0.2, 0) is 32.6 Å². The van der Waals surface area contributed by atoms with Crippen LogP contribution in [0, 0.1) is 13.8 Å². The van der Waals surface area contributed by atoms with Crippen LogP contribution in [0.2, 0.25) is 0 Å². The molecule has 0 unspecified atom stereocenters. The van der Waals surface area contributed by atoms with Gasteiger partial charge in [0.15, 0.2) is 0 Å². The van der Waals surface area contributed by atoms with E-state index in [0.717, 1.165) is 32.8 Å². The third-order valence-electron chi connectivity index (χ3n) is 6.16. The van der Waals surface area contributed by atoms with Crippen LogP contribution in [0.25, 0.3) is 0 Å². The zero-order valence-electron chi connectivity index (χ0n) is 21.8. The molecule has 0 aromatic heterocycles. The number of carbonyl (C=O) groups excluding carboxylic acids is 2. The Morgan fingerprint density at radius 3 is 2.08 bits per heavy atom. The van der Waals surface area contributed by atoms with Crippen molar-refractivity contribution < 1.29 is 18.0 Å².